The Morgan fingerprint density at radius 1 is 1.20 bits per heavy atom. The van der Waals surface area contributed by atoms with Crippen LogP contribution in [-0.2, 0) is 11.0 Å². The van der Waals surface area contributed by atoms with Gasteiger partial charge in [-0.1, -0.05) is 41.6 Å². The predicted octanol–water partition coefficient (Wildman–Crippen LogP) is 5.07. The van der Waals surface area contributed by atoms with Crippen molar-refractivity contribution in [3.05, 3.63) is 58.1 Å². The largest absolute Gasteiger partial charge is 0.417 e. The fourth-order valence-electron chi connectivity index (χ4n) is 2.81. The van der Waals surface area contributed by atoms with E-state index in [0.717, 1.165) is 40.7 Å². The highest BCUT2D eigenvalue weighted by atomic mass is 35.5. The van der Waals surface area contributed by atoms with E-state index in [1.165, 1.54) is 6.07 Å². The monoisotopic (exact) mass is 455 g/mol. The van der Waals surface area contributed by atoms with Crippen LogP contribution >= 0.6 is 23.4 Å². The molecule has 11 heteroatoms. The third-order valence-corrected chi connectivity index (χ3v) is 5.65. The molecular formula is C19H17ClF3N5OS. The van der Waals surface area contributed by atoms with Crippen molar-refractivity contribution in [1.82, 2.24) is 20.2 Å². The van der Waals surface area contributed by atoms with Gasteiger partial charge < -0.3 is 5.32 Å². The maximum absolute atomic E-state index is 13.0. The summed E-state index contributed by atoms with van der Waals surface area (Å²) in [6, 6.07) is 8.98. The standard InChI is InChI=1S/C19H17ClF3N5OS/c1-10-5-4-6-11(2)16(10)28-18(25-26-27-28)30-12(3)17(29)24-13-7-8-15(20)14(9-13)19(21,22)23/h4-9,12H,1-3H3,(H,24,29). The maximum atomic E-state index is 13.0. The Morgan fingerprint density at radius 3 is 2.50 bits per heavy atom. The summed E-state index contributed by atoms with van der Waals surface area (Å²) >= 11 is 6.71. The molecule has 30 heavy (non-hydrogen) atoms. The van der Waals surface area contributed by atoms with Gasteiger partial charge in [0.15, 0.2) is 0 Å². The Labute approximate surface area is 179 Å². The molecule has 2 aromatic carbocycles. The van der Waals surface area contributed by atoms with Crippen LogP contribution < -0.4 is 5.32 Å². The minimum atomic E-state index is -4.62. The highest BCUT2D eigenvalue weighted by Gasteiger charge is 2.33. The molecule has 6 nitrogen and oxygen atoms in total. The lowest BCUT2D eigenvalue weighted by atomic mass is 10.1. The number of thioether (sulfide) groups is 1. The molecule has 0 saturated carbocycles. The van der Waals surface area contributed by atoms with Gasteiger partial charge in [-0.15, -0.1) is 5.10 Å². The number of halogens is 4. The number of para-hydroxylation sites is 1. The number of hydrogen-bond donors (Lipinski definition) is 1. The van der Waals surface area contributed by atoms with Crippen molar-refractivity contribution in [2.45, 2.75) is 37.4 Å². The molecule has 1 amide bonds. The predicted molar refractivity (Wildman–Crippen MR) is 109 cm³/mol. The Kier molecular flexibility index (Phi) is 6.37. The number of benzene rings is 2. The second-order valence-corrected chi connectivity index (χ2v) is 8.27. The summed E-state index contributed by atoms with van der Waals surface area (Å²) in [6.07, 6.45) is -4.62. The number of carbonyl (C=O) groups is 1. The molecule has 1 N–H and O–H groups in total. The van der Waals surface area contributed by atoms with E-state index in [-0.39, 0.29) is 5.69 Å². The number of aryl methyl sites for hydroxylation is 2. The number of nitrogens with one attached hydrogen (secondary N) is 1. The van der Waals surface area contributed by atoms with Gasteiger partial charge in [0, 0.05) is 5.69 Å². The number of rotatable bonds is 5. The van der Waals surface area contributed by atoms with Crippen LogP contribution in [0, 0.1) is 13.8 Å². The van der Waals surface area contributed by atoms with Crippen LogP contribution in [0.25, 0.3) is 5.69 Å². The molecule has 0 radical (unpaired) electrons. The average molecular weight is 456 g/mol. The van der Waals surface area contributed by atoms with Gasteiger partial charge in [-0.05, 0) is 60.5 Å². The molecule has 0 spiro atoms. The summed E-state index contributed by atoms with van der Waals surface area (Å²) in [6.45, 7) is 5.46. The molecule has 3 rings (SSSR count). The molecule has 0 aliphatic carbocycles. The van der Waals surface area contributed by atoms with Gasteiger partial charge in [0.25, 0.3) is 0 Å². The van der Waals surface area contributed by atoms with Crippen molar-refractivity contribution in [1.29, 1.82) is 0 Å². The topological polar surface area (TPSA) is 72.7 Å². The number of hydrogen-bond acceptors (Lipinski definition) is 5. The van der Waals surface area contributed by atoms with Gasteiger partial charge >= 0.3 is 6.18 Å². The molecule has 3 aromatic rings. The lowest BCUT2D eigenvalue weighted by Crippen LogP contribution is -2.23. The minimum Gasteiger partial charge on any atom is -0.325 e. The number of alkyl halides is 3. The van der Waals surface area contributed by atoms with Crippen LogP contribution in [0.15, 0.2) is 41.6 Å². The van der Waals surface area contributed by atoms with Crippen LogP contribution in [-0.4, -0.2) is 31.4 Å². The molecule has 1 aromatic heterocycles. The summed E-state index contributed by atoms with van der Waals surface area (Å²) in [7, 11) is 0. The number of nitrogens with zero attached hydrogens (tertiary/aromatic N) is 4. The highest BCUT2D eigenvalue weighted by molar-refractivity contribution is 8.00. The number of anilines is 1. The van der Waals surface area contributed by atoms with Crippen molar-refractivity contribution in [3.63, 3.8) is 0 Å². The summed E-state index contributed by atoms with van der Waals surface area (Å²) in [5.41, 5.74) is 1.72. The van der Waals surface area contributed by atoms with Gasteiger partial charge in [-0.25, -0.2) is 0 Å². The van der Waals surface area contributed by atoms with Crippen molar-refractivity contribution in [3.8, 4) is 5.69 Å². The van der Waals surface area contributed by atoms with Crippen LogP contribution in [0.5, 0.6) is 0 Å². The summed E-state index contributed by atoms with van der Waals surface area (Å²) in [5.74, 6) is -0.494. The maximum Gasteiger partial charge on any atom is 0.417 e. The number of amides is 1. The van der Waals surface area contributed by atoms with Crippen molar-refractivity contribution in [2.75, 3.05) is 5.32 Å². The highest BCUT2D eigenvalue weighted by Crippen LogP contribution is 2.36. The van der Waals surface area contributed by atoms with Crippen molar-refractivity contribution < 1.29 is 18.0 Å². The zero-order valence-corrected chi connectivity index (χ0v) is 17.7. The smallest absolute Gasteiger partial charge is 0.325 e. The molecular weight excluding hydrogens is 439 g/mol. The zero-order valence-electron chi connectivity index (χ0n) is 16.2. The fraction of sp³-hybridized carbons (Fsp3) is 0.263. The number of aromatic nitrogens is 4. The average Bonchev–Trinajstić information content (AvgIpc) is 3.10. The first-order valence-corrected chi connectivity index (χ1v) is 10.0. The Balaban J connectivity index is 1.78. The third kappa shape index (κ3) is 4.76. The quantitative estimate of drug-likeness (QED) is 0.544. The number of carbonyl (C=O) groups excluding carboxylic acids is 1. The normalized spacial score (nSPS) is 12.6. The second kappa shape index (κ2) is 8.65. The van der Waals surface area contributed by atoms with Gasteiger partial charge in [0.2, 0.25) is 11.1 Å². The lowest BCUT2D eigenvalue weighted by Gasteiger charge is -2.15. The van der Waals surface area contributed by atoms with E-state index in [2.05, 4.69) is 20.8 Å². The molecule has 1 unspecified atom stereocenters. The minimum absolute atomic E-state index is 0.00137. The van der Waals surface area contributed by atoms with E-state index in [1.807, 2.05) is 32.0 Å². The SMILES string of the molecule is Cc1cccc(C)c1-n1nnnc1SC(C)C(=O)Nc1ccc(Cl)c(C(F)(F)F)c1. The van der Waals surface area contributed by atoms with Crippen LogP contribution in [0.2, 0.25) is 5.02 Å². The van der Waals surface area contributed by atoms with Crippen LogP contribution in [0.4, 0.5) is 18.9 Å². The van der Waals surface area contributed by atoms with Gasteiger partial charge in [-0.3, -0.25) is 4.79 Å². The lowest BCUT2D eigenvalue weighted by molar-refractivity contribution is -0.137. The number of tetrazole rings is 1. The molecule has 158 valence electrons. The molecule has 1 atom stereocenters. The first kappa shape index (κ1) is 22.1. The van der Waals surface area contributed by atoms with E-state index in [4.69, 9.17) is 11.6 Å². The fourth-order valence-corrected chi connectivity index (χ4v) is 3.83. The molecule has 0 bridgehead atoms. The summed E-state index contributed by atoms with van der Waals surface area (Å²) < 4.78 is 40.6. The van der Waals surface area contributed by atoms with Gasteiger partial charge in [0.1, 0.15) is 0 Å². The third-order valence-electron chi connectivity index (χ3n) is 4.28. The van der Waals surface area contributed by atoms with Crippen LogP contribution in [0.1, 0.15) is 23.6 Å². The molecule has 1 heterocycles. The second-order valence-electron chi connectivity index (χ2n) is 6.56. The molecule has 0 aliphatic rings. The molecule has 0 fully saturated rings. The van der Waals surface area contributed by atoms with E-state index in [9.17, 15) is 18.0 Å². The van der Waals surface area contributed by atoms with Crippen LogP contribution in [0.3, 0.4) is 0 Å². The van der Waals surface area contributed by atoms with Gasteiger partial charge in [0.05, 0.1) is 21.5 Å². The first-order valence-electron chi connectivity index (χ1n) is 8.77. The van der Waals surface area contributed by atoms with E-state index < -0.39 is 27.9 Å². The van der Waals surface area contributed by atoms with E-state index in [0.29, 0.717) is 5.16 Å². The first-order chi connectivity index (χ1) is 14.1. The Bertz CT molecular complexity index is 1070. The molecule has 0 aliphatic heterocycles. The van der Waals surface area contributed by atoms with E-state index in [1.54, 1.807) is 11.6 Å². The van der Waals surface area contributed by atoms with Crippen molar-refractivity contribution in [2.24, 2.45) is 0 Å². The van der Waals surface area contributed by atoms with Gasteiger partial charge in [-0.2, -0.15) is 17.9 Å². The van der Waals surface area contributed by atoms with Crippen molar-refractivity contribution >= 4 is 35.0 Å². The Hall–Kier alpha value is -2.59. The zero-order chi connectivity index (χ0) is 22.1. The Morgan fingerprint density at radius 2 is 1.87 bits per heavy atom. The van der Waals surface area contributed by atoms with E-state index >= 15 is 0 Å². The summed E-state index contributed by atoms with van der Waals surface area (Å²) in [5, 5.41) is 13.5. The molecule has 0 saturated heterocycles. The summed E-state index contributed by atoms with van der Waals surface area (Å²) in [4.78, 5) is 12.5.